The van der Waals surface area contributed by atoms with Crippen molar-refractivity contribution in [3.63, 3.8) is 0 Å². The van der Waals surface area contributed by atoms with Gasteiger partial charge in [0.1, 0.15) is 6.10 Å². The summed E-state index contributed by atoms with van der Waals surface area (Å²) in [4.78, 5) is 21.2. The Morgan fingerprint density at radius 1 is 1.19 bits per heavy atom. The van der Waals surface area contributed by atoms with Gasteiger partial charge in [-0.05, 0) is 12.8 Å². The molecule has 0 saturated heterocycles. The second-order valence-corrected chi connectivity index (χ2v) is 3.56. The number of carbonyl (C=O) groups excluding carboxylic acids is 2. The molecule has 2 unspecified atom stereocenters. The highest BCUT2D eigenvalue weighted by Crippen LogP contribution is 2.17. The average molecular weight is 232 g/mol. The van der Waals surface area contributed by atoms with Gasteiger partial charge < -0.3 is 20.9 Å². The van der Waals surface area contributed by atoms with Gasteiger partial charge in [0.05, 0.1) is 6.61 Å². The number of hydrogen-bond donors (Lipinski definition) is 2. The van der Waals surface area contributed by atoms with Crippen LogP contribution in [0.4, 0.5) is 9.59 Å². The van der Waals surface area contributed by atoms with Crippen molar-refractivity contribution in [2.75, 3.05) is 6.61 Å². The molecule has 4 N–H and O–H groups in total. The predicted molar refractivity (Wildman–Crippen MR) is 58.7 cm³/mol. The van der Waals surface area contributed by atoms with Gasteiger partial charge in [-0.25, -0.2) is 9.59 Å². The molecule has 6 nitrogen and oxygen atoms in total. The Hall–Kier alpha value is -1.46. The smallest absolute Gasteiger partial charge is 0.404 e. The van der Waals surface area contributed by atoms with E-state index in [2.05, 4.69) is 0 Å². The minimum atomic E-state index is -0.826. The number of ether oxygens (including phenoxy) is 2. The van der Waals surface area contributed by atoms with Crippen LogP contribution in [0.15, 0.2) is 0 Å². The lowest BCUT2D eigenvalue weighted by molar-refractivity contribution is 0.0313. The van der Waals surface area contributed by atoms with Crippen LogP contribution >= 0.6 is 0 Å². The van der Waals surface area contributed by atoms with Gasteiger partial charge in [-0.15, -0.1) is 0 Å². The third-order valence-corrected chi connectivity index (χ3v) is 2.33. The van der Waals surface area contributed by atoms with Gasteiger partial charge in [-0.2, -0.15) is 0 Å². The molecule has 0 rings (SSSR count). The zero-order valence-electron chi connectivity index (χ0n) is 9.77. The summed E-state index contributed by atoms with van der Waals surface area (Å²) < 4.78 is 9.69. The summed E-state index contributed by atoms with van der Waals surface area (Å²) in [5.74, 6) is -0.0695. The summed E-state index contributed by atoms with van der Waals surface area (Å²) in [6.45, 7) is 4.03. The van der Waals surface area contributed by atoms with Crippen molar-refractivity contribution in [2.24, 2.45) is 17.4 Å². The molecule has 0 heterocycles. The van der Waals surface area contributed by atoms with E-state index < -0.39 is 12.2 Å². The largest absolute Gasteiger partial charge is 0.449 e. The Morgan fingerprint density at radius 3 is 2.19 bits per heavy atom. The number of primary amides is 2. The molecule has 0 aliphatic carbocycles. The molecule has 0 bridgehead atoms. The fourth-order valence-corrected chi connectivity index (χ4v) is 1.50. The zero-order chi connectivity index (χ0) is 12.6. The molecule has 2 amide bonds. The second kappa shape index (κ2) is 7.78. The monoisotopic (exact) mass is 232 g/mol. The van der Waals surface area contributed by atoms with Crippen molar-refractivity contribution >= 4 is 12.2 Å². The third-order valence-electron chi connectivity index (χ3n) is 2.33. The minimum Gasteiger partial charge on any atom is -0.449 e. The van der Waals surface area contributed by atoms with Crippen LogP contribution < -0.4 is 11.5 Å². The van der Waals surface area contributed by atoms with Crippen molar-refractivity contribution in [3.05, 3.63) is 0 Å². The average Bonchev–Trinajstić information content (AvgIpc) is 2.17. The Bertz CT molecular complexity index is 233. The summed E-state index contributed by atoms with van der Waals surface area (Å²) in [6, 6.07) is 0. The fourth-order valence-electron chi connectivity index (χ4n) is 1.50. The van der Waals surface area contributed by atoms with Gasteiger partial charge in [0.2, 0.25) is 0 Å². The van der Waals surface area contributed by atoms with Crippen LogP contribution in [0.1, 0.15) is 33.1 Å². The van der Waals surface area contributed by atoms with Gasteiger partial charge in [0, 0.05) is 5.92 Å². The molecule has 16 heavy (non-hydrogen) atoms. The standard InChI is InChI=1S/C10H20N2O4/c1-3-5-8(16-10(12)14)7(4-2)6-15-9(11)13/h7-8H,3-6H2,1-2H3,(H2,11,13)(H2,12,14). The highest BCUT2D eigenvalue weighted by molar-refractivity contribution is 5.65. The number of carbonyl (C=O) groups is 2. The molecule has 0 fully saturated rings. The van der Waals surface area contributed by atoms with E-state index in [0.29, 0.717) is 12.8 Å². The highest BCUT2D eigenvalue weighted by atomic mass is 16.6. The molecule has 0 saturated carbocycles. The number of rotatable bonds is 7. The van der Waals surface area contributed by atoms with Crippen LogP contribution in [-0.4, -0.2) is 24.9 Å². The van der Waals surface area contributed by atoms with Crippen LogP contribution in [-0.2, 0) is 9.47 Å². The zero-order valence-corrected chi connectivity index (χ0v) is 9.77. The van der Waals surface area contributed by atoms with E-state index >= 15 is 0 Å². The van der Waals surface area contributed by atoms with E-state index in [-0.39, 0.29) is 18.6 Å². The lowest BCUT2D eigenvalue weighted by Crippen LogP contribution is -2.33. The van der Waals surface area contributed by atoms with E-state index in [0.717, 1.165) is 6.42 Å². The summed E-state index contributed by atoms with van der Waals surface area (Å²) in [6.07, 6.45) is 0.287. The first-order chi connectivity index (χ1) is 7.51. The lowest BCUT2D eigenvalue weighted by atomic mass is 9.97. The van der Waals surface area contributed by atoms with Crippen molar-refractivity contribution in [1.82, 2.24) is 0 Å². The molecule has 6 heteroatoms. The molecule has 0 radical (unpaired) electrons. The van der Waals surface area contributed by atoms with Crippen molar-refractivity contribution in [1.29, 1.82) is 0 Å². The van der Waals surface area contributed by atoms with Crippen LogP contribution in [0, 0.1) is 5.92 Å². The fraction of sp³-hybridized carbons (Fsp3) is 0.800. The summed E-state index contributed by atoms with van der Waals surface area (Å²) >= 11 is 0. The second-order valence-electron chi connectivity index (χ2n) is 3.56. The van der Waals surface area contributed by atoms with Crippen molar-refractivity contribution in [3.8, 4) is 0 Å². The first-order valence-electron chi connectivity index (χ1n) is 5.39. The van der Waals surface area contributed by atoms with Crippen LogP contribution in [0.3, 0.4) is 0 Å². The van der Waals surface area contributed by atoms with Gasteiger partial charge in [0.15, 0.2) is 0 Å². The molecule has 0 spiro atoms. The molecule has 94 valence electrons. The summed E-state index contributed by atoms with van der Waals surface area (Å²) in [5.41, 5.74) is 9.86. The maximum atomic E-state index is 10.7. The predicted octanol–water partition coefficient (Wildman–Crippen LogP) is 1.37. The molecular weight excluding hydrogens is 212 g/mol. The quantitative estimate of drug-likeness (QED) is 0.691. The minimum absolute atomic E-state index is 0.0695. The van der Waals surface area contributed by atoms with Crippen molar-refractivity contribution < 1.29 is 19.1 Å². The molecule has 0 aliphatic rings. The van der Waals surface area contributed by atoms with E-state index in [9.17, 15) is 9.59 Å². The molecule has 0 aliphatic heterocycles. The van der Waals surface area contributed by atoms with Gasteiger partial charge >= 0.3 is 12.2 Å². The lowest BCUT2D eigenvalue weighted by Gasteiger charge is -2.24. The number of amides is 2. The Balaban J connectivity index is 4.31. The number of hydrogen-bond acceptors (Lipinski definition) is 4. The SMILES string of the molecule is CCCC(OC(N)=O)C(CC)COC(N)=O. The third kappa shape index (κ3) is 6.10. The van der Waals surface area contributed by atoms with Gasteiger partial charge in [-0.1, -0.05) is 20.3 Å². The molecule has 0 aromatic carbocycles. The topological polar surface area (TPSA) is 105 Å². The first-order valence-corrected chi connectivity index (χ1v) is 5.39. The normalized spacial score (nSPS) is 13.9. The maximum absolute atomic E-state index is 10.7. The Kier molecular flexibility index (Phi) is 7.07. The Labute approximate surface area is 95.3 Å². The van der Waals surface area contributed by atoms with Crippen LogP contribution in [0.5, 0.6) is 0 Å². The van der Waals surface area contributed by atoms with E-state index in [1.807, 2.05) is 13.8 Å². The van der Waals surface area contributed by atoms with Gasteiger partial charge in [0.25, 0.3) is 0 Å². The van der Waals surface area contributed by atoms with E-state index in [4.69, 9.17) is 20.9 Å². The molecule has 2 atom stereocenters. The molecular formula is C10H20N2O4. The van der Waals surface area contributed by atoms with Gasteiger partial charge in [-0.3, -0.25) is 0 Å². The first kappa shape index (κ1) is 14.5. The summed E-state index contributed by atoms with van der Waals surface area (Å²) in [5, 5.41) is 0. The van der Waals surface area contributed by atoms with Crippen molar-refractivity contribution in [2.45, 2.75) is 39.2 Å². The highest BCUT2D eigenvalue weighted by Gasteiger charge is 2.23. The van der Waals surface area contributed by atoms with Crippen LogP contribution in [0.25, 0.3) is 0 Å². The van der Waals surface area contributed by atoms with E-state index in [1.165, 1.54) is 0 Å². The van der Waals surface area contributed by atoms with E-state index in [1.54, 1.807) is 0 Å². The molecule has 0 aromatic rings. The number of nitrogens with two attached hydrogens (primary N) is 2. The Morgan fingerprint density at radius 2 is 1.81 bits per heavy atom. The summed E-state index contributed by atoms with van der Waals surface area (Å²) in [7, 11) is 0. The van der Waals surface area contributed by atoms with Crippen LogP contribution in [0.2, 0.25) is 0 Å². The molecule has 0 aromatic heterocycles. The maximum Gasteiger partial charge on any atom is 0.404 e.